The van der Waals surface area contributed by atoms with E-state index in [1.54, 1.807) is 23.4 Å². The number of hydrogen-bond donors (Lipinski definition) is 0. The van der Waals surface area contributed by atoms with Crippen LogP contribution in [0.15, 0.2) is 52.0 Å². The van der Waals surface area contributed by atoms with Gasteiger partial charge >= 0.3 is 0 Å². The van der Waals surface area contributed by atoms with E-state index >= 15 is 0 Å². The minimum absolute atomic E-state index is 0.158. The number of carbonyl (C=O) groups is 1. The molecular weight excluding hydrogens is 454 g/mol. The number of amides is 1. The highest BCUT2D eigenvalue weighted by atomic mass is 79.9. The van der Waals surface area contributed by atoms with Crippen LogP contribution in [0.25, 0.3) is 21.9 Å². The van der Waals surface area contributed by atoms with Crippen molar-refractivity contribution in [3.8, 4) is 11.4 Å². The molecule has 1 aliphatic rings. The third-order valence-corrected chi connectivity index (χ3v) is 6.25. The average Bonchev–Trinajstić information content (AvgIpc) is 3.35. The van der Waals surface area contributed by atoms with E-state index in [1.165, 1.54) is 15.9 Å². The topological polar surface area (TPSA) is 80.5 Å². The number of carbonyl (C=O) groups excluding carboxylic acids is 1. The number of thiazole rings is 1. The lowest BCUT2D eigenvalue weighted by Crippen LogP contribution is -2.32. The van der Waals surface area contributed by atoms with Gasteiger partial charge in [0.15, 0.2) is 5.82 Å². The smallest absolute Gasteiger partial charge is 0.291 e. The summed E-state index contributed by atoms with van der Waals surface area (Å²) >= 11 is 4.66. The summed E-state index contributed by atoms with van der Waals surface area (Å²) in [5.74, 6) is 0.278. The molecule has 0 spiro atoms. The number of pyridine rings is 1. The van der Waals surface area contributed by atoms with E-state index in [1.807, 2.05) is 31.2 Å². The number of fused-ring (bicyclic) bond motifs is 2. The van der Waals surface area contributed by atoms with Crippen LogP contribution in [0.5, 0.6) is 0 Å². The first-order valence-electron chi connectivity index (χ1n) is 9.04. The Morgan fingerprint density at radius 3 is 2.79 bits per heavy atom. The molecule has 4 aromatic rings. The van der Waals surface area contributed by atoms with Crippen LogP contribution in [0, 0.1) is 0 Å². The van der Waals surface area contributed by atoms with E-state index in [2.05, 4.69) is 31.0 Å². The number of rotatable bonds is 3. The second-order valence-electron chi connectivity index (χ2n) is 6.60. The highest BCUT2D eigenvalue weighted by molar-refractivity contribution is 9.10. The van der Waals surface area contributed by atoms with Crippen molar-refractivity contribution in [2.75, 3.05) is 11.4 Å². The van der Waals surface area contributed by atoms with Crippen molar-refractivity contribution in [2.24, 2.45) is 0 Å². The summed E-state index contributed by atoms with van der Waals surface area (Å²) in [6.45, 7) is 2.61. The van der Waals surface area contributed by atoms with Gasteiger partial charge in [-0.2, -0.15) is 9.50 Å². The Morgan fingerprint density at radius 2 is 2.07 bits per heavy atom. The van der Waals surface area contributed by atoms with Crippen LogP contribution in [0.4, 0.5) is 5.69 Å². The third kappa shape index (κ3) is 2.80. The molecule has 0 atom stereocenters. The summed E-state index contributed by atoms with van der Waals surface area (Å²) in [5, 5.41) is 4.34. The van der Waals surface area contributed by atoms with E-state index in [-0.39, 0.29) is 11.5 Å². The second kappa shape index (κ2) is 6.85. The molecule has 144 valence electrons. The Balaban J connectivity index is 1.75. The standard InChI is InChI=1S/C20H14BrN5O2S/c1-2-8-25-14-6-5-12(21)9-13(14)15(18(25)27)16-19(28)26-20(29-16)23-17(24-26)11-4-3-7-22-10-11/h3-7,9-10H,2,8H2,1H3. The van der Waals surface area contributed by atoms with E-state index in [0.29, 0.717) is 27.4 Å². The lowest BCUT2D eigenvalue weighted by Gasteiger charge is -2.15. The van der Waals surface area contributed by atoms with Gasteiger partial charge in [0.25, 0.3) is 11.5 Å². The van der Waals surface area contributed by atoms with Gasteiger partial charge in [-0.05, 0) is 36.8 Å². The fraction of sp³-hybridized carbons (Fsp3) is 0.150. The number of hydrogen-bond acceptors (Lipinski definition) is 6. The van der Waals surface area contributed by atoms with Crippen molar-refractivity contribution in [2.45, 2.75) is 13.3 Å². The predicted octanol–water partition coefficient (Wildman–Crippen LogP) is 2.65. The molecular formula is C20H14BrN5O2S. The van der Waals surface area contributed by atoms with Crippen LogP contribution >= 0.6 is 27.3 Å². The Kier molecular flexibility index (Phi) is 4.29. The molecule has 1 amide bonds. The zero-order valence-electron chi connectivity index (χ0n) is 15.3. The number of aromatic nitrogens is 4. The van der Waals surface area contributed by atoms with E-state index in [9.17, 15) is 9.59 Å². The Morgan fingerprint density at radius 1 is 1.21 bits per heavy atom. The van der Waals surface area contributed by atoms with Crippen LogP contribution in [0.3, 0.4) is 0 Å². The molecule has 0 radical (unpaired) electrons. The van der Waals surface area contributed by atoms with E-state index in [4.69, 9.17) is 0 Å². The molecule has 0 bridgehead atoms. The van der Waals surface area contributed by atoms with E-state index in [0.717, 1.165) is 27.7 Å². The fourth-order valence-corrected chi connectivity index (χ4v) is 4.83. The average molecular weight is 468 g/mol. The molecule has 0 unspecified atom stereocenters. The summed E-state index contributed by atoms with van der Waals surface area (Å²) in [7, 11) is 0. The van der Waals surface area contributed by atoms with Gasteiger partial charge in [-0.1, -0.05) is 34.2 Å². The van der Waals surface area contributed by atoms with Gasteiger partial charge in [0.1, 0.15) is 4.53 Å². The molecule has 1 aromatic carbocycles. The van der Waals surface area contributed by atoms with E-state index < -0.39 is 0 Å². The number of halogens is 1. The molecule has 0 fully saturated rings. The first-order valence-corrected chi connectivity index (χ1v) is 10.7. The van der Waals surface area contributed by atoms with Gasteiger partial charge in [-0.15, -0.1) is 5.10 Å². The van der Waals surface area contributed by atoms with Crippen molar-refractivity contribution < 1.29 is 4.79 Å². The number of nitrogens with zero attached hydrogens (tertiary/aromatic N) is 5. The lowest BCUT2D eigenvalue weighted by atomic mass is 10.1. The first-order chi connectivity index (χ1) is 14.1. The van der Waals surface area contributed by atoms with Crippen LogP contribution in [0.2, 0.25) is 0 Å². The molecule has 5 rings (SSSR count). The zero-order chi connectivity index (χ0) is 20.1. The summed E-state index contributed by atoms with van der Waals surface area (Å²) in [6.07, 6.45) is 4.14. The fourth-order valence-electron chi connectivity index (χ4n) is 3.47. The normalized spacial score (nSPS) is 15.4. The number of anilines is 1. The minimum atomic E-state index is -0.333. The van der Waals surface area contributed by atoms with Gasteiger partial charge in [0.05, 0.1) is 11.3 Å². The van der Waals surface area contributed by atoms with Gasteiger partial charge in [0.2, 0.25) is 4.96 Å². The van der Waals surface area contributed by atoms with Crippen molar-refractivity contribution >= 4 is 49.4 Å². The Hall–Kier alpha value is -2.91. The van der Waals surface area contributed by atoms with Gasteiger partial charge in [0, 0.05) is 34.5 Å². The first kappa shape index (κ1) is 18.1. The van der Waals surface area contributed by atoms with Crippen molar-refractivity contribution in [3.05, 3.63) is 67.6 Å². The maximum atomic E-state index is 13.2. The minimum Gasteiger partial charge on any atom is -0.308 e. The van der Waals surface area contributed by atoms with Crippen LogP contribution < -0.4 is 15.0 Å². The molecule has 29 heavy (non-hydrogen) atoms. The van der Waals surface area contributed by atoms with Gasteiger partial charge in [-0.3, -0.25) is 14.6 Å². The summed E-state index contributed by atoms with van der Waals surface area (Å²) in [6, 6.07) is 9.32. The van der Waals surface area contributed by atoms with Gasteiger partial charge < -0.3 is 4.90 Å². The molecule has 4 heterocycles. The molecule has 7 nitrogen and oxygen atoms in total. The summed E-state index contributed by atoms with van der Waals surface area (Å²) in [4.78, 5) is 37.0. The van der Waals surface area contributed by atoms with Crippen molar-refractivity contribution in [1.29, 1.82) is 0 Å². The Labute approximate surface area is 177 Å². The Bertz CT molecular complexity index is 1380. The van der Waals surface area contributed by atoms with Crippen LogP contribution in [0.1, 0.15) is 18.9 Å². The van der Waals surface area contributed by atoms with Crippen molar-refractivity contribution in [1.82, 2.24) is 19.6 Å². The predicted molar refractivity (Wildman–Crippen MR) is 115 cm³/mol. The maximum absolute atomic E-state index is 13.2. The molecule has 0 saturated carbocycles. The van der Waals surface area contributed by atoms with Crippen LogP contribution in [-0.4, -0.2) is 32.0 Å². The molecule has 9 heteroatoms. The summed E-state index contributed by atoms with van der Waals surface area (Å²) in [5.41, 5.74) is 2.40. The highest BCUT2D eigenvalue weighted by Crippen LogP contribution is 2.37. The van der Waals surface area contributed by atoms with Crippen molar-refractivity contribution in [3.63, 3.8) is 0 Å². The molecule has 1 aliphatic heterocycles. The van der Waals surface area contributed by atoms with Gasteiger partial charge in [-0.25, -0.2) is 0 Å². The molecule has 0 aliphatic carbocycles. The zero-order valence-corrected chi connectivity index (χ0v) is 17.7. The molecule has 3 aromatic heterocycles. The highest BCUT2D eigenvalue weighted by Gasteiger charge is 2.34. The SMILES string of the molecule is CCCN1C(=O)C(=c2sc3nc(-c4cccnc4)nn3c2=O)c2cc(Br)ccc21. The maximum Gasteiger partial charge on any atom is 0.291 e. The van der Waals surface area contributed by atoms with Crippen LogP contribution in [-0.2, 0) is 4.79 Å². The molecule has 0 N–H and O–H groups in total. The quantitative estimate of drug-likeness (QED) is 0.462. The number of benzene rings is 1. The second-order valence-corrected chi connectivity index (χ2v) is 8.49. The summed E-state index contributed by atoms with van der Waals surface area (Å²) < 4.78 is 2.48. The largest absolute Gasteiger partial charge is 0.308 e. The molecule has 0 saturated heterocycles. The monoisotopic (exact) mass is 467 g/mol. The lowest BCUT2D eigenvalue weighted by molar-refractivity contribution is -0.113. The third-order valence-electron chi connectivity index (χ3n) is 4.73.